The minimum atomic E-state index is 0.115. The fourth-order valence-electron chi connectivity index (χ4n) is 1.69. The van der Waals surface area contributed by atoms with Crippen LogP contribution in [0, 0.1) is 0 Å². The number of hydrogen-bond donors (Lipinski definition) is 1. The van der Waals surface area contributed by atoms with E-state index in [1.165, 1.54) is 6.07 Å². The third kappa shape index (κ3) is 2.60. The largest absolute Gasteiger partial charge is 0.508 e. The first kappa shape index (κ1) is 12.6. The molecule has 0 radical (unpaired) electrons. The van der Waals surface area contributed by atoms with E-state index in [9.17, 15) is 5.11 Å². The molecule has 0 aliphatic heterocycles. The van der Waals surface area contributed by atoms with Gasteiger partial charge in [0.2, 0.25) is 11.7 Å². The van der Waals surface area contributed by atoms with Crippen molar-refractivity contribution in [3.8, 4) is 17.3 Å². The van der Waals surface area contributed by atoms with E-state index in [4.69, 9.17) is 16.1 Å². The molecule has 20 heavy (non-hydrogen) atoms. The Labute approximate surface area is 119 Å². The van der Waals surface area contributed by atoms with Crippen molar-refractivity contribution in [1.29, 1.82) is 0 Å². The van der Waals surface area contributed by atoms with Crippen molar-refractivity contribution < 1.29 is 9.63 Å². The highest BCUT2D eigenvalue weighted by Crippen LogP contribution is 2.24. The summed E-state index contributed by atoms with van der Waals surface area (Å²) in [5.74, 6) is 0.908. The fraction of sp³-hybridized carbons (Fsp3) is 0.0769. The minimum absolute atomic E-state index is 0.115. The molecule has 1 aromatic carbocycles. The molecule has 1 N–H and O–H groups in total. The summed E-state index contributed by atoms with van der Waals surface area (Å²) in [5.41, 5.74) is 1.33. The average molecular weight is 289 g/mol. The fourth-order valence-corrected chi connectivity index (χ4v) is 1.93. The molecule has 2 aromatic heterocycles. The van der Waals surface area contributed by atoms with Gasteiger partial charge in [-0.2, -0.15) is 4.98 Å². The number of phenolic OH excluding ortho intramolecular Hbond substituents is 1. The van der Waals surface area contributed by atoms with Gasteiger partial charge in [-0.05, 0) is 17.7 Å². The Morgan fingerprint density at radius 3 is 2.90 bits per heavy atom. The molecule has 2 heterocycles. The predicted octanol–water partition coefficient (Wildman–Crippen LogP) is 2.48. The Morgan fingerprint density at radius 1 is 1.25 bits per heavy atom. The summed E-state index contributed by atoms with van der Waals surface area (Å²) < 4.78 is 5.16. The molecular weight excluding hydrogens is 280 g/mol. The van der Waals surface area contributed by atoms with Gasteiger partial charge in [0.05, 0.1) is 12.6 Å². The molecule has 0 aliphatic carbocycles. The molecular formula is C13H9ClN4O2. The molecule has 0 aliphatic rings. The maximum Gasteiger partial charge on any atom is 0.231 e. The molecule has 0 saturated heterocycles. The zero-order valence-corrected chi connectivity index (χ0v) is 10.9. The van der Waals surface area contributed by atoms with Crippen LogP contribution in [0.15, 0.2) is 41.3 Å². The molecule has 0 unspecified atom stereocenters. The van der Waals surface area contributed by atoms with Crippen LogP contribution in [0.1, 0.15) is 11.5 Å². The highest BCUT2D eigenvalue weighted by molar-refractivity contribution is 6.31. The van der Waals surface area contributed by atoms with Crippen molar-refractivity contribution in [2.45, 2.75) is 6.42 Å². The average Bonchev–Trinajstić information content (AvgIpc) is 2.92. The van der Waals surface area contributed by atoms with Gasteiger partial charge in [-0.15, -0.1) is 0 Å². The van der Waals surface area contributed by atoms with Crippen molar-refractivity contribution >= 4 is 11.6 Å². The van der Waals surface area contributed by atoms with Crippen molar-refractivity contribution in [3.63, 3.8) is 0 Å². The molecule has 0 spiro atoms. The maximum absolute atomic E-state index is 9.31. The molecule has 0 fully saturated rings. The molecule has 7 heteroatoms. The number of nitrogens with zero attached hydrogens (tertiary/aromatic N) is 4. The van der Waals surface area contributed by atoms with Crippen LogP contribution in [0.5, 0.6) is 5.75 Å². The number of benzene rings is 1. The smallest absolute Gasteiger partial charge is 0.231 e. The summed E-state index contributed by atoms with van der Waals surface area (Å²) in [5, 5.41) is 13.6. The van der Waals surface area contributed by atoms with Crippen LogP contribution >= 0.6 is 11.6 Å². The van der Waals surface area contributed by atoms with Crippen molar-refractivity contribution in [2.75, 3.05) is 0 Å². The number of halogens is 1. The third-order valence-corrected chi connectivity index (χ3v) is 2.99. The molecule has 6 nitrogen and oxygen atoms in total. The molecule has 0 saturated carbocycles. The van der Waals surface area contributed by atoms with E-state index < -0.39 is 0 Å². The second kappa shape index (κ2) is 5.26. The number of hydrogen-bond acceptors (Lipinski definition) is 6. The first-order valence-corrected chi connectivity index (χ1v) is 6.16. The molecule has 3 aromatic rings. The summed E-state index contributed by atoms with van der Waals surface area (Å²) in [6.45, 7) is 0. The monoisotopic (exact) mass is 288 g/mol. The first-order valence-electron chi connectivity index (χ1n) is 5.79. The van der Waals surface area contributed by atoms with Crippen molar-refractivity contribution in [2.24, 2.45) is 0 Å². The van der Waals surface area contributed by atoms with Gasteiger partial charge in [-0.25, -0.2) is 4.98 Å². The standard InChI is InChI=1S/C13H9ClN4O2/c14-10-6-9(19)2-1-8(10)5-12-17-13(18-20-12)11-7-15-3-4-16-11/h1-4,6-7,19H,5H2. The van der Waals surface area contributed by atoms with Gasteiger partial charge in [0.25, 0.3) is 0 Å². The zero-order valence-electron chi connectivity index (χ0n) is 10.2. The van der Waals surface area contributed by atoms with Gasteiger partial charge in [-0.1, -0.05) is 22.8 Å². The summed E-state index contributed by atoms with van der Waals surface area (Å²) >= 11 is 6.03. The van der Waals surface area contributed by atoms with E-state index >= 15 is 0 Å². The second-order valence-electron chi connectivity index (χ2n) is 4.05. The van der Waals surface area contributed by atoms with Crippen LogP contribution in [0.3, 0.4) is 0 Å². The Kier molecular flexibility index (Phi) is 3.30. The summed E-state index contributed by atoms with van der Waals surface area (Å²) in [7, 11) is 0. The topological polar surface area (TPSA) is 84.9 Å². The quantitative estimate of drug-likeness (QED) is 0.797. The molecule has 3 rings (SSSR count). The van der Waals surface area contributed by atoms with Gasteiger partial charge >= 0.3 is 0 Å². The summed E-state index contributed by atoms with van der Waals surface area (Å²) in [6, 6.07) is 4.74. The minimum Gasteiger partial charge on any atom is -0.508 e. The lowest BCUT2D eigenvalue weighted by atomic mass is 10.1. The Balaban J connectivity index is 1.84. The number of aromatic nitrogens is 4. The van der Waals surface area contributed by atoms with E-state index in [-0.39, 0.29) is 5.75 Å². The lowest BCUT2D eigenvalue weighted by Gasteiger charge is -2.00. The van der Waals surface area contributed by atoms with E-state index in [1.807, 2.05) is 0 Å². The SMILES string of the molecule is Oc1ccc(Cc2nc(-c3cnccn3)no2)c(Cl)c1. The Bertz CT molecular complexity index is 730. The van der Waals surface area contributed by atoms with Crippen LogP contribution in [-0.4, -0.2) is 25.2 Å². The van der Waals surface area contributed by atoms with Crippen molar-refractivity contribution in [3.05, 3.63) is 53.3 Å². The molecule has 0 bridgehead atoms. The lowest BCUT2D eigenvalue weighted by Crippen LogP contribution is -1.90. The zero-order chi connectivity index (χ0) is 13.9. The van der Waals surface area contributed by atoms with Crippen LogP contribution in [0.25, 0.3) is 11.5 Å². The lowest BCUT2D eigenvalue weighted by molar-refractivity contribution is 0.385. The van der Waals surface area contributed by atoms with Gasteiger partial charge in [0.15, 0.2) is 0 Å². The van der Waals surface area contributed by atoms with Crippen LogP contribution in [-0.2, 0) is 6.42 Å². The van der Waals surface area contributed by atoms with Crippen LogP contribution in [0.4, 0.5) is 0 Å². The summed E-state index contributed by atoms with van der Waals surface area (Å²) in [4.78, 5) is 12.3. The number of phenols is 1. The summed E-state index contributed by atoms with van der Waals surface area (Å²) in [6.07, 6.45) is 5.07. The second-order valence-corrected chi connectivity index (χ2v) is 4.46. The van der Waals surface area contributed by atoms with Gasteiger partial charge in [0.1, 0.15) is 11.4 Å². The van der Waals surface area contributed by atoms with Crippen LogP contribution in [0.2, 0.25) is 5.02 Å². The predicted molar refractivity (Wildman–Crippen MR) is 71.2 cm³/mol. The van der Waals surface area contributed by atoms with Crippen molar-refractivity contribution in [1.82, 2.24) is 20.1 Å². The van der Waals surface area contributed by atoms with E-state index in [0.717, 1.165) is 5.56 Å². The highest BCUT2D eigenvalue weighted by atomic mass is 35.5. The molecule has 100 valence electrons. The van der Waals surface area contributed by atoms with E-state index in [0.29, 0.717) is 28.9 Å². The number of aromatic hydroxyl groups is 1. The van der Waals surface area contributed by atoms with Crippen LogP contribution < -0.4 is 0 Å². The Morgan fingerprint density at radius 2 is 2.15 bits per heavy atom. The normalized spacial score (nSPS) is 10.7. The first-order chi connectivity index (χ1) is 9.72. The maximum atomic E-state index is 9.31. The molecule has 0 amide bonds. The van der Waals surface area contributed by atoms with Gasteiger partial charge in [-0.3, -0.25) is 4.98 Å². The molecule has 0 atom stereocenters. The van der Waals surface area contributed by atoms with E-state index in [2.05, 4.69) is 20.1 Å². The highest BCUT2D eigenvalue weighted by Gasteiger charge is 2.12. The number of rotatable bonds is 3. The van der Waals surface area contributed by atoms with Gasteiger partial charge < -0.3 is 9.63 Å². The van der Waals surface area contributed by atoms with Gasteiger partial charge in [0, 0.05) is 17.4 Å². The third-order valence-electron chi connectivity index (χ3n) is 2.64. The Hall–Kier alpha value is -2.47. The van der Waals surface area contributed by atoms with E-state index in [1.54, 1.807) is 30.7 Å².